The monoisotopic (exact) mass is 254 g/mol. The lowest BCUT2D eigenvalue weighted by molar-refractivity contribution is -0.119. The van der Waals surface area contributed by atoms with Gasteiger partial charge in [0.25, 0.3) is 0 Å². The van der Waals surface area contributed by atoms with Gasteiger partial charge in [0.1, 0.15) is 0 Å². The van der Waals surface area contributed by atoms with Crippen molar-refractivity contribution in [2.75, 3.05) is 31.6 Å². The molecule has 17 heavy (non-hydrogen) atoms. The third-order valence-electron chi connectivity index (χ3n) is 2.79. The fraction of sp³-hybridized carbons (Fsp3) is 0.417. The average molecular weight is 255 g/mol. The quantitative estimate of drug-likeness (QED) is 0.849. The van der Waals surface area contributed by atoms with E-state index in [-0.39, 0.29) is 12.5 Å². The van der Waals surface area contributed by atoms with Crippen molar-refractivity contribution in [1.82, 2.24) is 4.90 Å². The van der Waals surface area contributed by atoms with Crippen LogP contribution in [0.15, 0.2) is 24.3 Å². The van der Waals surface area contributed by atoms with E-state index in [0.717, 1.165) is 18.8 Å². The molecule has 0 unspecified atom stereocenters. The lowest BCUT2D eigenvalue weighted by atomic mass is 10.0. The lowest BCUT2D eigenvalue weighted by Crippen LogP contribution is -2.51. The third-order valence-corrected chi connectivity index (χ3v) is 3.04. The first kappa shape index (κ1) is 12.4. The van der Waals surface area contributed by atoms with Crippen LogP contribution in [0.3, 0.4) is 0 Å². The van der Waals surface area contributed by atoms with Crippen molar-refractivity contribution in [3.8, 4) is 0 Å². The van der Waals surface area contributed by atoms with E-state index < -0.39 is 0 Å². The van der Waals surface area contributed by atoms with Crippen LogP contribution in [0, 0.1) is 5.92 Å². The maximum atomic E-state index is 11.6. The van der Waals surface area contributed by atoms with Gasteiger partial charge in [0, 0.05) is 36.3 Å². The van der Waals surface area contributed by atoms with Crippen molar-refractivity contribution in [2.24, 2.45) is 5.92 Å². The molecule has 0 spiro atoms. The summed E-state index contributed by atoms with van der Waals surface area (Å²) in [5.74, 6) is 0.294. The van der Waals surface area contributed by atoms with Crippen LogP contribution in [-0.2, 0) is 4.79 Å². The minimum absolute atomic E-state index is 0.0382. The summed E-state index contributed by atoms with van der Waals surface area (Å²) in [6.07, 6.45) is 0. The summed E-state index contributed by atoms with van der Waals surface area (Å²) in [6.45, 7) is 2.17. The number of benzene rings is 1. The van der Waals surface area contributed by atoms with Gasteiger partial charge in [-0.15, -0.1) is 0 Å². The highest BCUT2D eigenvalue weighted by Gasteiger charge is 2.27. The van der Waals surface area contributed by atoms with Crippen molar-refractivity contribution in [2.45, 2.75) is 0 Å². The second-order valence-electron chi connectivity index (χ2n) is 4.30. The molecule has 1 aliphatic rings. The topological polar surface area (TPSA) is 52.6 Å². The van der Waals surface area contributed by atoms with E-state index in [1.807, 2.05) is 4.90 Å². The molecule has 0 aliphatic carbocycles. The molecule has 0 atom stereocenters. The molecule has 1 amide bonds. The predicted molar refractivity (Wildman–Crippen MR) is 67.1 cm³/mol. The number of carbonyl (C=O) groups is 1. The summed E-state index contributed by atoms with van der Waals surface area (Å²) >= 11 is 5.75. The molecule has 0 radical (unpaired) electrons. The number of likely N-dealkylation sites (tertiary alicyclic amines) is 1. The Hall–Kier alpha value is -1.10. The molecule has 4 nitrogen and oxygen atoms in total. The summed E-state index contributed by atoms with van der Waals surface area (Å²) in [4.78, 5) is 13.7. The van der Waals surface area contributed by atoms with E-state index >= 15 is 0 Å². The van der Waals surface area contributed by atoms with Crippen molar-refractivity contribution >= 4 is 23.2 Å². The Morgan fingerprint density at radius 1 is 1.41 bits per heavy atom. The van der Waals surface area contributed by atoms with Crippen molar-refractivity contribution in [1.29, 1.82) is 0 Å². The van der Waals surface area contributed by atoms with E-state index in [2.05, 4.69) is 5.32 Å². The molecule has 0 bridgehead atoms. The molecule has 92 valence electrons. The van der Waals surface area contributed by atoms with Gasteiger partial charge in [-0.3, -0.25) is 9.69 Å². The zero-order valence-electron chi connectivity index (χ0n) is 9.40. The number of anilines is 1. The number of hydrogen-bond acceptors (Lipinski definition) is 3. The van der Waals surface area contributed by atoms with E-state index in [1.54, 1.807) is 24.3 Å². The maximum absolute atomic E-state index is 11.6. The highest BCUT2D eigenvalue weighted by molar-refractivity contribution is 6.30. The van der Waals surface area contributed by atoms with Crippen LogP contribution < -0.4 is 5.32 Å². The van der Waals surface area contributed by atoms with Crippen molar-refractivity contribution in [3.05, 3.63) is 29.3 Å². The number of nitrogens with one attached hydrogen (secondary N) is 1. The van der Waals surface area contributed by atoms with Gasteiger partial charge in [0.15, 0.2) is 0 Å². The van der Waals surface area contributed by atoms with Gasteiger partial charge in [-0.1, -0.05) is 11.6 Å². The fourth-order valence-electron chi connectivity index (χ4n) is 1.86. The predicted octanol–water partition coefficient (Wildman–Crippen LogP) is 1.20. The highest BCUT2D eigenvalue weighted by atomic mass is 35.5. The third kappa shape index (κ3) is 3.43. The van der Waals surface area contributed by atoms with Gasteiger partial charge < -0.3 is 10.4 Å². The Balaban J connectivity index is 1.76. The van der Waals surface area contributed by atoms with Crippen LogP contribution in [0.2, 0.25) is 5.02 Å². The molecule has 5 heteroatoms. The number of carbonyl (C=O) groups excluding carboxylic acids is 1. The Labute approximate surface area is 105 Å². The number of nitrogens with zero attached hydrogens (tertiary/aromatic N) is 1. The first-order chi connectivity index (χ1) is 8.17. The van der Waals surface area contributed by atoms with E-state index in [9.17, 15) is 4.79 Å². The Bertz CT molecular complexity index is 388. The lowest BCUT2D eigenvalue weighted by Gasteiger charge is -2.37. The standard InChI is InChI=1S/C12H15ClN2O2/c13-10-1-3-11(4-2-10)14-12(17)7-15-5-9(6-15)8-16/h1-4,9,16H,5-8H2,(H,14,17). The normalized spacial score (nSPS) is 16.6. The smallest absolute Gasteiger partial charge is 0.238 e. The summed E-state index contributed by atoms with van der Waals surface area (Å²) < 4.78 is 0. The van der Waals surface area contributed by atoms with Gasteiger partial charge >= 0.3 is 0 Å². The van der Waals surface area contributed by atoms with Crippen molar-refractivity contribution < 1.29 is 9.90 Å². The van der Waals surface area contributed by atoms with Crippen LogP contribution in [0.1, 0.15) is 0 Å². The molecular weight excluding hydrogens is 240 g/mol. The largest absolute Gasteiger partial charge is 0.396 e. The van der Waals surface area contributed by atoms with E-state index in [4.69, 9.17) is 16.7 Å². The average Bonchev–Trinajstić information content (AvgIpc) is 2.26. The maximum Gasteiger partial charge on any atom is 0.238 e. The molecule has 1 fully saturated rings. The first-order valence-corrected chi connectivity index (χ1v) is 5.94. The second-order valence-corrected chi connectivity index (χ2v) is 4.73. The van der Waals surface area contributed by atoms with E-state index in [1.165, 1.54) is 0 Å². The Morgan fingerprint density at radius 3 is 2.65 bits per heavy atom. The van der Waals surface area contributed by atoms with E-state index in [0.29, 0.717) is 17.5 Å². The van der Waals surface area contributed by atoms with Gasteiger partial charge in [-0.05, 0) is 24.3 Å². The van der Waals surface area contributed by atoms with Gasteiger partial charge in [0.05, 0.1) is 6.54 Å². The molecule has 1 aromatic rings. The Kier molecular flexibility index (Phi) is 3.99. The molecule has 1 heterocycles. The van der Waals surface area contributed by atoms with Crippen LogP contribution >= 0.6 is 11.6 Å². The van der Waals surface area contributed by atoms with Gasteiger partial charge in [-0.25, -0.2) is 0 Å². The molecule has 1 aliphatic heterocycles. The minimum atomic E-state index is -0.0382. The SMILES string of the molecule is O=C(CN1CC(CO)C1)Nc1ccc(Cl)cc1. The van der Waals surface area contributed by atoms with Crippen LogP contribution in [-0.4, -0.2) is 42.2 Å². The molecular formula is C12H15ClN2O2. The fourth-order valence-corrected chi connectivity index (χ4v) is 1.98. The molecule has 0 saturated carbocycles. The molecule has 2 rings (SSSR count). The molecule has 1 saturated heterocycles. The summed E-state index contributed by atoms with van der Waals surface area (Å²) in [5.41, 5.74) is 0.749. The summed E-state index contributed by atoms with van der Waals surface area (Å²) in [7, 11) is 0. The molecule has 2 N–H and O–H groups in total. The van der Waals surface area contributed by atoms with Crippen LogP contribution in [0.25, 0.3) is 0 Å². The number of amides is 1. The highest BCUT2D eigenvalue weighted by Crippen LogP contribution is 2.15. The minimum Gasteiger partial charge on any atom is -0.396 e. The number of halogens is 1. The zero-order valence-corrected chi connectivity index (χ0v) is 10.2. The van der Waals surface area contributed by atoms with Crippen molar-refractivity contribution in [3.63, 3.8) is 0 Å². The summed E-state index contributed by atoms with van der Waals surface area (Å²) in [5, 5.41) is 12.3. The summed E-state index contributed by atoms with van der Waals surface area (Å²) in [6, 6.07) is 7.02. The number of aliphatic hydroxyl groups is 1. The number of aliphatic hydroxyl groups excluding tert-OH is 1. The van der Waals surface area contributed by atoms with Gasteiger partial charge in [0.2, 0.25) is 5.91 Å². The zero-order chi connectivity index (χ0) is 12.3. The first-order valence-electron chi connectivity index (χ1n) is 5.56. The Morgan fingerprint density at radius 2 is 2.06 bits per heavy atom. The van der Waals surface area contributed by atoms with Crippen LogP contribution in [0.4, 0.5) is 5.69 Å². The molecule has 0 aromatic heterocycles. The number of rotatable bonds is 4. The second kappa shape index (κ2) is 5.49. The molecule has 1 aromatic carbocycles. The van der Waals surface area contributed by atoms with Crippen LogP contribution in [0.5, 0.6) is 0 Å². The van der Waals surface area contributed by atoms with Gasteiger partial charge in [-0.2, -0.15) is 0 Å². The number of hydrogen-bond donors (Lipinski definition) is 2.